The molecule has 1 heterocycles. The lowest BCUT2D eigenvalue weighted by Crippen LogP contribution is -2.38. The van der Waals surface area contributed by atoms with E-state index in [1.165, 1.54) is 0 Å². The van der Waals surface area contributed by atoms with Gasteiger partial charge in [-0.25, -0.2) is 0 Å². The number of carbonyl (C=O) groups is 2. The standard InChI is InChI=1S/C23H21NO5/c1-13-20(27)16-8-5-9-17(22(16)29-21(13)15-6-3-2-4-7-15)23(28)24-18(12-19(25)26)14-10-11-14/h2-9,14,18H,10-12H2,1H3,(H,24,28)(H,25,26)/t18-/m0/s1. The first-order valence-electron chi connectivity index (χ1n) is 9.60. The maximum Gasteiger partial charge on any atom is 0.305 e. The molecule has 148 valence electrons. The second-order valence-electron chi connectivity index (χ2n) is 7.45. The fraction of sp³-hybridized carbons (Fsp3) is 0.261. The lowest BCUT2D eigenvalue weighted by Gasteiger charge is -2.17. The van der Waals surface area contributed by atoms with Crippen molar-refractivity contribution in [3.05, 3.63) is 69.9 Å². The number of benzene rings is 2. The molecule has 6 heteroatoms. The predicted molar refractivity (Wildman–Crippen MR) is 109 cm³/mol. The van der Waals surface area contributed by atoms with Crippen LogP contribution in [0.15, 0.2) is 57.7 Å². The number of carboxylic acids is 1. The van der Waals surface area contributed by atoms with Crippen molar-refractivity contribution in [2.75, 3.05) is 0 Å². The molecule has 1 amide bonds. The number of carbonyl (C=O) groups excluding carboxylic acids is 1. The number of hydrogen-bond acceptors (Lipinski definition) is 4. The first-order valence-corrected chi connectivity index (χ1v) is 9.60. The van der Waals surface area contributed by atoms with Crippen LogP contribution in [-0.4, -0.2) is 23.0 Å². The predicted octanol–water partition coefficient (Wildman–Crippen LogP) is 3.75. The summed E-state index contributed by atoms with van der Waals surface area (Å²) in [6, 6.07) is 13.7. The van der Waals surface area contributed by atoms with Crippen LogP contribution in [0.2, 0.25) is 0 Å². The molecule has 0 bridgehead atoms. The minimum Gasteiger partial charge on any atom is -0.481 e. The minimum atomic E-state index is -0.950. The zero-order chi connectivity index (χ0) is 20.5. The van der Waals surface area contributed by atoms with Crippen LogP contribution in [0.25, 0.3) is 22.3 Å². The largest absolute Gasteiger partial charge is 0.481 e. The molecule has 2 aromatic carbocycles. The molecule has 0 radical (unpaired) electrons. The van der Waals surface area contributed by atoms with Gasteiger partial charge in [-0.15, -0.1) is 0 Å². The number of rotatable bonds is 6. The van der Waals surface area contributed by atoms with Crippen molar-refractivity contribution in [3.8, 4) is 11.3 Å². The summed E-state index contributed by atoms with van der Waals surface area (Å²) in [5.74, 6) is -0.778. The second-order valence-corrected chi connectivity index (χ2v) is 7.45. The summed E-state index contributed by atoms with van der Waals surface area (Å²) in [7, 11) is 0. The monoisotopic (exact) mass is 391 g/mol. The first kappa shape index (κ1) is 18.9. The Morgan fingerprint density at radius 2 is 1.86 bits per heavy atom. The van der Waals surface area contributed by atoms with Gasteiger partial charge >= 0.3 is 5.97 Å². The van der Waals surface area contributed by atoms with E-state index in [2.05, 4.69) is 5.32 Å². The Hall–Kier alpha value is -3.41. The highest BCUT2D eigenvalue weighted by Crippen LogP contribution is 2.34. The molecule has 0 saturated heterocycles. The molecule has 4 rings (SSSR count). The van der Waals surface area contributed by atoms with Crippen LogP contribution in [0.3, 0.4) is 0 Å². The molecule has 6 nitrogen and oxygen atoms in total. The number of aliphatic carboxylic acids is 1. The molecule has 1 aliphatic rings. The summed E-state index contributed by atoms with van der Waals surface area (Å²) >= 11 is 0. The summed E-state index contributed by atoms with van der Waals surface area (Å²) in [5, 5.41) is 12.3. The van der Waals surface area contributed by atoms with Gasteiger partial charge in [-0.05, 0) is 37.8 Å². The summed E-state index contributed by atoms with van der Waals surface area (Å²) in [6.45, 7) is 1.70. The Morgan fingerprint density at radius 3 is 2.52 bits per heavy atom. The Kier molecular flexibility index (Phi) is 4.92. The van der Waals surface area contributed by atoms with Crippen molar-refractivity contribution >= 4 is 22.8 Å². The molecule has 0 spiro atoms. The highest BCUT2D eigenvalue weighted by Gasteiger charge is 2.34. The number of hydrogen-bond donors (Lipinski definition) is 2. The van der Waals surface area contributed by atoms with Gasteiger partial charge in [-0.1, -0.05) is 36.4 Å². The number of fused-ring (bicyclic) bond motifs is 1. The normalized spacial score (nSPS) is 14.5. The lowest BCUT2D eigenvalue weighted by atomic mass is 10.0. The van der Waals surface area contributed by atoms with E-state index in [0.717, 1.165) is 18.4 Å². The Balaban J connectivity index is 1.78. The molecular weight excluding hydrogens is 370 g/mol. The third-order valence-electron chi connectivity index (χ3n) is 5.33. The number of nitrogens with one attached hydrogen (secondary N) is 1. The summed E-state index contributed by atoms with van der Waals surface area (Å²) < 4.78 is 6.07. The van der Waals surface area contributed by atoms with Crippen LogP contribution in [0.4, 0.5) is 0 Å². The average Bonchev–Trinajstić information content (AvgIpc) is 3.55. The number of para-hydroxylation sites is 1. The third kappa shape index (κ3) is 3.78. The highest BCUT2D eigenvalue weighted by molar-refractivity contribution is 6.05. The molecule has 1 saturated carbocycles. The van der Waals surface area contributed by atoms with Crippen molar-refractivity contribution in [2.45, 2.75) is 32.2 Å². The van der Waals surface area contributed by atoms with Crippen molar-refractivity contribution in [1.82, 2.24) is 5.32 Å². The lowest BCUT2D eigenvalue weighted by molar-refractivity contribution is -0.137. The van der Waals surface area contributed by atoms with Crippen molar-refractivity contribution in [1.29, 1.82) is 0 Å². The molecule has 0 aliphatic heterocycles. The Bertz CT molecular complexity index is 1150. The van der Waals surface area contributed by atoms with E-state index in [1.54, 1.807) is 25.1 Å². The van der Waals surface area contributed by atoms with E-state index in [-0.39, 0.29) is 28.9 Å². The number of amides is 1. The van der Waals surface area contributed by atoms with Gasteiger partial charge in [0, 0.05) is 17.2 Å². The van der Waals surface area contributed by atoms with E-state index in [4.69, 9.17) is 9.52 Å². The quantitative estimate of drug-likeness (QED) is 0.667. The first-order chi connectivity index (χ1) is 14.0. The Labute approximate surface area is 167 Å². The average molecular weight is 391 g/mol. The zero-order valence-corrected chi connectivity index (χ0v) is 16.0. The molecule has 3 aromatic rings. The van der Waals surface area contributed by atoms with Gasteiger partial charge in [-0.2, -0.15) is 0 Å². The van der Waals surface area contributed by atoms with Crippen LogP contribution >= 0.6 is 0 Å². The topological polar surface area (TPSA) is 96.6 Å². The maximum absolute atomic E-state index is 13.0. The van der Waals surface area contributed by atoms with Gasteiger partial charge in [0.25, 0.3) is 5.91 Å². The molecule has 1 fully saturated rings. The van der Waals surface area contributed by atoms with E-state index in [0.29, 0.717) is 16.7 Å². The second kappa shape index (κ2) is 7.54. The fourth-order valence-corrected chi connectivity index (χ4v) is 3.62. The molecule has 0 unspecified atom stereocenters. The van der Waals surface area contributed by atoms with Crippen molar-refractivity contribution < 1.29 is 19.1 Å². The molecule has 1 aromatic heterocycles. The van der Waals surface area contributed by atoms with Gasteiger partial charge in [0.15, 0.2) is 11.0 Å². The summed E-state index contributed by atoms with van der Waals surface area (Å²) in [4.78, 5) is 37.0. The van der Waals surface area contributed by atoms with Crippen LogP contribution < -0.4 is 10.7 Å². The van der Waals surface area contributed by atoms with Crippen molar-refractivity contribution in [2.24, 2.45) is 5.92 Å². The van der Waals surface area contributed by atoms with Crippen LogP contribution in [-0.2, 0) is 4.79 Å². The van der Waals surface area contributed by atoms with Crippen LogP contribution in [0.1, 0.15) is 35.2 Å². The highest BCUT2D eigenvalue weighted by atomic mass is 16.4. The SMILES string of the molecule is Cc1c(-c2ccccc2)oc2c(C(=O)N[C@@H](CC(=O)O)C3CC3)cccc2c1=O. The Morgan fingerprint density at radius 1 is 1.14 bits per heavy atom. The van der Waals surface area contributed by atoms with E-state index in [9.17, 15) is 14.4 Å². The van der Waals surface area contributed by atoms with Gasteiger partial charge in [0.05, 0.1) is 17.4 Å². The van der Waals surface area contributed by atoms with Crippen LogP contribution in [0, 0.1) is 12.8 Å². The van der Waals surface area contributed by atoms with Gasteiger partial charge in [-0.3, -0.25) is 14.4 Å². The van der Waals surface area contributed by atoms with E-state index < -0.39 is 17.9 Å². The smallest absolute Gasteiger partial charge is 0.305 e. The van der Waals surface area contributed by atoms with Crippen molar-refractivity contribution in [3.63, 3.8) is 0 Å². The molecule has 29 heavy (non-hydrogen) atoms. The summed E-state index contributed by atoms with van der Waals surface area (Å²) in [6.07, 6.45) is 1.68. The van der Waals surface area contributed by atoms with Gasteiger partial charge < -0.3 is 14.8 Å². The summed E-state index contributed by atoms with van der Waals surface area (Å²) in [5.41, 5.74) is 1.48. The molecular formula is C23H21NO5. The van der Waals surface area contributed by atoms with Gasteiger partial charge in [0.2, 0.25) is 0 Å². The number of carboxylic acid groups (broad SMARTS) is 1. The van der Waals surface area contributed by atoms with Crippen LogP contribution in [0.5, 0.6) is 0 Å². The maximum atomic E-state index is 13.0. The zero-order valence-electron chi connectivity index (χ0n) is 16.0. The van der Waals surface area contributed by atoms with E-state index in [1.807, 2.05) is 30.3 Å². The minimum absolute atomic E-state index is 0.126. The molecule has 1 atom stereocenters. The van der Waals surface area contributed by atoms with Gasteiger partial charge in [0.1, 0.15) is 5.76 Å². The fourth-order valence-electron chi connectivity index (χ4n) is 3.62. The third-order valence-corrected chi connectivity index (χ3v) is 5.33. The molecule has 2 N–H and O–H groups in total. The van der Waals surface area contributed by atoms with E-state index >= 15 is 0 Å². The molecule has 1 aliphatic carbocycles.